The van der Waals surface area contributed by atoms with Crippen LogP contribution in [0.5, 0.6) is 0 Å². The van der Waals surface area contributed by atoms with Crippen molar-refractivity contribution >= 4 is 17.8 Å². The molecule has 3 aliphatic heterocycles. The van der Waals surface area contributed by atoms with Gasteiger partial charge in [0.25, 0.3) is 0 Å². The molecule has 3 heterocycles. The van der Waals surface area contributed by atoms with E-state index in [-0.39, 0.29) is 17.2 Å². The Morgan fingerprint density at radius 1 is 1.12 bits per heavy atom. The molecule has 3 aliphatic rings. The van der Waals surface area contributed by atoms with Gasteiger partial charge in [0.1, 0.15) is 6.04 Å². The number of rotatable bonds is 4. The topological polar surface area (TPSA) is 81.2 Å². The molecule has 2 amide bonds. The third-order valence-electron chi connectivity index (χ3n) is 6.25. The Hall–Kier alpha value is -1.63. The first-order valence-corrected chi connectivity index (χ1v) is 9.43. The Labute approximate surface area is 148 Å². The van der Waals surface area contributed by atoms with E-state index in [1.807, 2.05) is 4.90 Å². The molecule has 0 radical (unpaired) electrons. The van der Waals surface area contributed by atoms with Crippen LogP contribution in [-0.4, -0.2) is 82.9 Å². The average molecular weight is 351 g/mol. The van der Waals surface area contributed by atoms with Gasteiger partial charge in [-0.05, 0) is 57.5 Å². The lowest BCUT2D eigenvalue weighted by Crippen LogP contribution is -2.56. The molecule has 0 aromatic carbocycles. The lowest BCUT2D eigenvalue weighted by Gasteiger charge is -2.48. The molecule has 140 valence electrons. The number of carbonyl (C=O) groups is 3. The highest BCUT2D eigenvalue weighted by molar-refractivity contribution is 5.84. The summed E-state index contributed by atoms with van der Waals surface area (Å²) in [6.45, 7) is 6.09. The number of piperidine rings is 2. The summed E-state index contributed by atoms with van der Waals surface area (Å²) in [5.41, 5.74) is -0.0257. The lowest BCUT2D eigenvalue weighted by molar-refractivity contribution is -0.155. The minimum atomic E-state index is -0.955. The number of hydrogen-bond acceptors (Lipinski definition) is 4. The first-order chi connectivity index (χ1) is 11.9. The largest absolute Gasteiger partial charge is 0.480 e. The standard InChI is InChI=1S/C18H29N3O4/c1-14(17(24)25)21-13-18(5-4-15(21)22)6-10-20(11-7-18)16(23)12-19-8-2-3-9-19/h14H,2-13H2,1H3,(H,24,25)/t14-/m0/s1. The molecule has 0 bridgehead atoms. The van der Waals surface area contributed by atoms with Crippen molar-refractivity contribution in [3.05, 3.63) is 0 Å². The van der Waals surface area contributed by atoms with Crippen LogP contribution in [0, 0.1) is 5.41 Å². The maximum absolute atomic E-state index is 12.5. The molecule has 0 saturated carbocycles. The van der Waals surface area contributed by atoms with Crippen LogP contribution in [0.25, 0.3) is 0 Å². The van der Waals surface area contributed by atoms with Crippen LogP contribution >= 0.6 is 0 Å². The first kappa shape index (κ1) is 18.2. The van der Waals surface area contributed by atoms with E-state index in [1.54, 1.807) is 6.92 Å². The highest BCUT2D eigenvalue weighted by atomic mass is 16.4. The summed E-state index contributed by atoms with van der Waals surface area (Å²) >= 11 is 0. The van der Waals surface area contributed by atoms with E-state index in [2.05, 4.69) is 4.90 Å². The van der Waals surface area contributed by atoms with Crippen molar-refractivity contribution in [2.24, 2.45) is 5.41 Å². The number of carboxylic acids is 1. The van der Waals surface area contributed by atoms with Crippen LogP contribution in [0.2, 0.25) is 0 Å². The SMILES string of the molecule is C[C@@H](C(=O)O)N1CC2(CCC1=O)CCN(C(=O)CN1CCCC1)CC2. The lowest BCUT2D eigenvalue weighted by atomic mass is 9.72. The fraction of sp³-hybridized carbons (Fsp3) is 0.833. The van der Waals surface area contributed by atoms with Crippen LogP contribution < -0.4 is 0 Å². The number of hydrogen-bond donors (Lipinski definition) is 1. The van der Waals surface area contributed by atoms with E-state index in [1.165, 1.54) is 17.7 Å². The number of likely N-dealkylation sites (tertiary alicyclic amines) is 3. The summed E-state index contributed by atoms with van der Waals surface area (Å²) in [6.07, 6.45) is 5.30. The van der Waals surface area contributed by atoms with Crippen molar-refractivity contribution in [1.29, 1.82) is 0 Å². The van der Waals surface area contributed by atoms with Crippen molar-refractivity contribution in [1.82, 2.24) is 14.7 Å². The minimum Gasteiger partial charge on any atom is -0.480 e. The second-order valence-corrected chi connectivity index (χ2v) is 7.90. The van der Waals surface area contributed by atoms with Crippen molar-refractivity contribution in [2.75, 3.05) is 39.3 Å². The molecule has 3 fully saturated rings. The first-order valence-electron chi connectivity index (χ1n) is 9.43. The molecule has 3 rings (SSSR count). The van der Waals surface area contributed by atoms with E-state index in [4.69, 9.17) is 0 Å². The molecular formula is C18H29N3O4. The zero-order valence-electron chi connectivity index (χ0n) is 15.1. The zero-order chi connectivity index (χ0) is 18.0. The molecule has 1 spiro atoms. The number of aliphatic carboxylic acids is 1. The molecule has 0 aromatic heterocycles. The van der Waals surface area contributed by atoms with Gasteiger partial charge in [-0.2, -0.15) is 0 Å². The van der Waals surface area contributed by atoms with Crippen molar-refractivity contribution in [3.8, 4) is 0 Å². The van der Waals surface area contributed by atoms with Gasteiger partial charge >= 0.3 is 5.97 Å². The van der Waals surface area contributed by atoms with Gasteiger partial charge in [0, 0.05) is 26.1 Å². The van der Waals surface area contributed by atoms with Crippen molar-refractivity contribution < 1.29 is 19.5 Å². The highest BCUT2D eigenvalue weighted by Gasteiger charge is 2.43. The predicted octanol–water partition coefficient (Wildman–Crippen LogP) is 0.787. The highest BCUT2D eigenvalue weighted by Crippen LogP contribution is 2.40. The van der Waals surface area contributed by atoms with Gasteiger partial charge in [0.05, 0.1) is 6.54 Å². The molecule has 0 aromatic rings. The van der Waals surface area contributed by atoms with Gasteiger partial charge in [-0.15, -0.1) is 0 Å². The van der Waals surface area contributed by atoms with E-state index < -0.39 is 12.0 Å². The fourth-order valence-electron chi connectivity index (χ4n) is 4.40. The summed E-state index contributed by atoms with van der Waals surface area (Å²) in [5.74, 6) is -0.809. The monoisotopic (exact) mass is 351 g/mol. The Balaban J connectivity index is 1.55. The van der Waals surface area contributed by atoms with Crippen molar-refractivity contribution in [3.63, 3.8) is 0 Å². The van der Waals surface area contributed by atoms with Gasteiger partial charge in [-0.1, -0.05) is 0 Å². The summed E-state index contributed by atoms with van der Waals surface area (Å²) in [5, 5.41) is 9.24. The number of nitrogens with zero attached hydrogens (tertiary/aromatic N) is 3. The van der Waals surface area contributed by atoms with Gasteiger partial charge in [0.15, 0.2) is 0 Å². The maximum Gasteiger partial charge on any atom is 0.326 e. The quantitative estimate of drug-likeness (QED) is 0.810. The summed E-state index contributed by atoms with van der Waals surface area (Å²) in [4.78, 5) is 41.6. The number of amides is 2. The van der Waals surface area contributed by atoms with E-state index >= 15 is 0 Å². The summed E-state index contributed by atoms with van der Waals surface area (Å²) in [6, 6.07) is -0.778. The van der Waals surface area contributed by atoms with Gasteiger partial charge in [0.2, 0.25) is 11.8 Å². The normalized spacial score (nSPS) is 25.4. The number of carbonyl (C=O) groups excluding carboxylic acids is 2. The zero-order valence-corrected chi connectivity index (χ0v) is 15.1. The second kappa shape index (κ2) is 7.32. The minimum absolute atomic E-state index is 0.0257. The Bertz CT molecular complexity index is 536. The Kier molecular flexibility index (Phi) is 5.32. The van der Waals surface area contributed by atoms with Gasteiger partial charge in [-0.3, -0.25) is 14.5 Å². The maximum atomic E-state index is 12.5. The van der Waals surface area contributed by atoms with Crippen LogP contribution in [0.4, 0.5) is 0 Å². The van der Waals surface area contributed by atoms with E-state index in [9.17, 15) is 19.5 Å². The second-order valence-electron chi connectivity index (χ2n) is 7.90. The molecule has 3 saturated heterocycles. The number of carboxylic acid groups (broad SMARTS) is 1. The van der Waals surface area contributed by atoms with E-state index in [0.29, 0.717) is 19.5 Å². The summed E-state index contributed by atoms with van der Waals surface area (Å²) < 4.78 is 0. The molecular weight excluding hydrogens is 322 g/mol. The molecule has 0 unspecified atom stereocenters. The molecule has 7 nitrogen and oxygen atoms in total. The van der Waals surface area contributed by atoms with E-state index in [0.717, 1.165) is 45.4 Å². The van der Waals surface area contributed by atoms with Crippen LogP contribution in [0.1, 0.15) is 45.4 Å². The smallest absolute Gasteiger partial charge is 0.326 e. The molecule has 7 heteroatoms. The van der Waals surface area contributed by atoms with Gasteiger partial charge < -0.3 is 14.9 Å². The summed E-state index contributed by atoms with van der Waals surface area (Å²) in [7, 11) is 0. The average Bonchev–Trinajstić information content (AvgIpc) is 3.10. The molecule has 1 N–H and O–H groups in total. The third kappa shape index (κ3) is 3.97. The fourth-order valence-corrected chi connectivity index (χ4v) is 4.40. The van der Waals surface area contributed by atoms with Crippen LogP contribution in [0.15, 0.2) is 0 Å². The third-order valence-corrected chi connectivity index (χ3v) is 6.25. The Morgan fingerprint density at radius 2 is 1.76 bits per heavy atom. The van der Waals surface area contributed by atoms with Crippen LogP contribution in [-0.2, 0) is 14.4 Å². The van der Waals surface area contributed by atoms with Gasteiger partial charge in [-0.25, -0.2) is 4.79 Å². The van der Waals surface area contributed by atoms with Crippen LogP contribution in [0.3, 0.4) is 0 Å². The predicted molar refractivity (Wildman–Crippen MR) is 92.0 cm³/mol. The Morgan fingerprint density at radius 3 is 2.36 bits per heavy atom. The van der Waals surface area contributed by atoms with Crippen molar-refractivity contribution in [2.45, 2.75) is 51.5 Å². The molecule has 25 heavy (non-hydrogen) atoms. The molecule has 0 aliphatic carbocycles. The molecule has 1 atom stereocenters.